The number of nitrogens with one attached hydrogen (secondary N) is 1. The number of benzene rings is 2. The Hall–Kier alpha value is -2.11. The third-order valence-corrected chi connectivity index (χ3v) is 4.79. The van der Waals surface area contributed by atoms with Crippen LogP contribution in [0.15, 0.2) is 36.4 Å². The van der Waals surface area contributed by atoms with Crippen LogP contribution in [0, 0.1) is 12.7 Å². The molecule has 0 unspecified atom stereocenters. The van der Waals surface area contributed by atoms with Gasteiger partial charge in [0.1, 0.15) is 5.82 Å². The maximum atomic E-state index is 13.1. The minimum atomic E-state index is -0.464. The second-order valence-corrected chi connectivity index (χ2v) is 6.78. The van der Waals surface area contributed by atoms with E-state index in [1.54, 1.807) is 0 Å². The molecule has 0 aromatic heterocycles. The molecule has 0 radical (unpaired) electrons. The normalized spacial score (nSPS) is 15.3. The van der Waals surface area contributed by atoms with E-state index < -0.39 is 5.82 Å². The van der Waals surface area contributed by atoms with Gasteiger partial charge in [0.15, 0.2) is 0 Å². The van der Waals surface area contributed by atoms with Crippen LogP contribution in [0.2, 0.25) is 5.02 Å². The van der Waals surface area contributed by atoms with Gasteiger partial charge in [0.25, 0.3) is 5.91 Å². The lowest BCUT2D eigenvalue weighted by atomic mass is 10.1. The first-order valence-corrected chi connectivity index (χ1v) is 8.62. The van der Waals surface area contributed by atoms with Crippen LogP contribution >= 0.6 is 11.6 Å². The van der Waals surface area contributed by atoms with Crippen LogP contribution in [0.5, 0.6) is 0 Å². The first-order valence-electron chi connectivity index (χ1n) is 8.24. The molecular formula is C19H21ClFN3O. The van der Waals surface area contributed by atoms with E-state index in [1.807, 2.05) is 25.1 Å². The highest BCUT2D eigenvalue weighted by atomic mass is 35.5. The number of carbonyl (C=O) groups is 1. The SMILES string of the molecule is Cc1cc(NC(=O)c2ccc(F)cc2Cl)ccc1N1CCN(C)CC1. The van der Waals surface area contributed by atoms with E-state index in [2.05, 4.69) is 22.2 Å². The molecule has 0 aliphatic carbocycles. The Morgan fingerprint density at radius 1 is 1.12 bits per heavy atom. The van der Waals surface area contributed by atoms with Gasteiger partial charge in [0, 0.05) is 37.6 Å². The number of carbonyl (C=O) groups excluding carboxylic acids is 1. The summed E-state index contributed by atoms with van der Waals surface area (Å²) in [5, 5.41) is 2.92. The molecule has 1 saturated heterocycles. The van der Waals surface area contributed by atoms with Crippen LogP contribution < -0.4 is 10.2 Å². The van der Waals surface area contributed by atoms with Gasteiger partial charge >= 0.3 is 0 Å². The fraction of sp³-hybridized carbons (Fsp3) is 0.316. The molecule has 4 nitrogen and oxygen atoms in total. The maximum Gasteiger partial charge on any atom is 0.257 e. The number of rotatable bonds is 3. The Morgan fingerprint density at radius 3 is 2.48 bits per heavy atom. The molecule has 2 aromatic carbocycles. The summed E-state index contributed by atoms with van der Waals surface area (Å²) in [4.78, 5) is 17.0. The Kier molecular flexibility index (Phi) is 5.25. The predicted octanol–water partition coefficient (Wildman–Crippen LogP) is 3.79. The van der Waals surface area contributed by atoms with E-state index in [4.69, 9.17) is 11.6 Å². The topological polar surface area (TPSA) is 35.6 Å². The molecule has 2 aromatic rings. The summed E-state index contributed by atoms with van der Waals surface area (Å²) in [7, 11) is 2.13. The number of likely N-dealkylation sites (N-methyl/N-ethyl adjacent to an activating group) is 1. The third-order valence-electron chi connectivity index (χ3n) is 4.47. The fourth-order valence-corrected chi connectivity index (χ4v) is 3.26. The van der Waals surface area contributed by atoms with Crippen molar-refractivity contribution >= 4 is 28.9 Å². The van der Waals surface area contributed by atoms with Crippen molar-refractivity contribution in [3.63, 3.8) is 0 Å². The number of aryl methyl sites for hydroxylation is 1. The first-order chi connectivity index (χ1) is 11.9. The van der Waals surface area contributed by atoms with E-state index in [0.29, 0.717) is 5.69 Å². The number of piperazine rings is 1. The summed E-state index contributed by atoms with van der Waals surface area (Å²) in [6.45, 7) is 6.11. The highest BCUT2D eigenvalue weighted by Gasteiger charge is 2.17. The molecule has 1 aliphatic heterocycles. The van der Waals surface area contributed by atoms with E-state index in [-0.39, 0.29) is 16.5 Å². The van der Waals surface area contributed by atoms with Crippen LogP contribution in [0.4, 0.5) is 15.8 Å². The van der Waals surface area contributed by atoms with E-state index in [1.165, 1.54) is 17.8 Å². The highest BCUT2D eigenvalue weighted by molar-refractivity contribution is 6.34. The van der Waals surface area contributed by atoms with Gasteiger partial charge in [-0.25, -0.2) is 4.39 Å². The van der Waals surface area contributed by atoms with E-state index in [0.717, 1.165) is 37.8 Å². The van der Waals surface area contributed by atoms with Crippen LogP contribution in [0.25, 0.3) is 0 Å². The summed E-state index contributed by atoms with van der Waals surface area (Å²) in [5.74, 6) is -0.814. The van der Waals surface area contributed by atoms with Gasteiger partial charge in [-0.15, -0.1) is 0 Å². The van der Waals surface area contributed by atoms with Crippen LogP contribution in [-0.2, 0) is 0 Å². The molecule has 6 heteroatoms. The minimum Gasteiger partial charge on any atom is -0.369 e. The molecule has 0 atom stereocenters. The summed E-state index contributed by atoms with van der Waals surface area (Å²) in [5.41, 5.74) is 3.24. The van der Waals surface area contributed by atoms with Crippen molar-refractivity contribution in [3.8, 4) is 0 Å². The maximum absolute atomic E-state index is 13.1. The number of nitrogens with zero attached hydrogens (tertiary/aromatic N) is 2. The lowest BCUT2D eigenvalue weighted by molar-refractivity contribution is 0.102. The summed E-state index contributed by atoms with van der Waals surface area (Å²) >= 11 is 5.95. The van der Waals surface area contributed by atoms with Crippen molar-refractivity contribution in [2.24, 2.45) is 0 Å². The van der Waals surface area contributed by atoms with Gasteiger partial charge in [-0.3, -0.25) is 4.79 Å². The lowest BCUT2D eigenvalue weighted by Crippen LogP contribution is -2.44. The largest absolute Gasteiger partial charge is 0.369 e. The summed E-state index contributed by atoms with van der Waals surface area (Å²) in [6, 6.07) is 9.61. The molecule has 1 amide bonds. The molecule has 0 saturated carbocycles. The fourth-order valence-electron chi connectivity index (χ4n) is 3.01. The van der Waals surface area contributed by atoms with Gasteiger partial charge in [0.05, 0.1) is 10.6 Å². The first kappa shape index (κ1) is 17.7. The smallest absolute Gasteiger partial charge is 0.257 e. The second-order valence-electron chi connectivity index (χ2n) is 6.37. The van der Waals surface area contributed by atoms with Crippen molar-refractivity contribution < 1.29 is 9.18 Å². The Bertz CT molecular complexity index is 788. The number of anilines is 2. The van der Waals surface area contributed by atoms with Gasteiger partial charge in [-0.2, -0.15) is 0 Å². The molecular weight excluding hydrogens is 341 g/mol. The Balaban J connectivity index is 1.73. The number of hydrogen-bond acceptors (Lipinski definition) is 3. The van der Waals surface area contributed by atoms with Crippen molar-refractivity contribution in [1.29, 1.82) is 0 Å². The third kappa shape index (κ3) is 4.11. The highest BCUT2D eigenvalue weighted by Crippen LogP contribution is 2.25. The number of amides is 1. The Morgan fingerprint density at radius 2 is 1.84 bits per heavy atom. The second kappa shape index (κ2) is 7.42. The van der Waals surface area contributed by atoms with Crippen molar-refractivity contribution in [2.45, 2.75) is 6.92 Å². The van der Waals surface area contributed by atoms with Gasteiger partial charge < -0.3 is 15.1 Å². The Labute approximate surface area is 152 Å². The van der Waals surface area contributed by atoms with Crippen LogP contribution in [-0.4, -0.2) is 44.0 Å². The molecule has 1 N–H and O–H groups in total. The molecule has 3 rings (SSSR count). The van der Waals surface area contributed by atoms with E-state index in [9.17, 15) is 9.18 Å². The summed E-state index contributed by atoms with van der Waals surface area (Å²) < 4.78 is 13.1. The molecule has 1 heterocycles. The standard InChI is InChI=1S/C19H21ClFN3O/c1-13-11-15(4-6-18(13)24-9-7-23(2)8-10-24)22-19(25)16-5-3-14(21)12-17(16)20/h3-6,11-12H,7-10H2,1-2H3,(H,22,25). The average molecular weight is 362 g/mol. The average Bonchev–Trinajstić information content (AvgIpc) is 2.56. The summed E-state index contributed by atoms with van der Waals surface area (Å²) in [6.07, 6.45) is 0. The molecule has 132 valence electrons. The zero-order valence-corrected chi connectivity index (χ0v) is 15.1. The van der Waals surface area contributed by atoms with Crippen LogP contribution in [0.1, 0.15) is 15.9 Å². The molecule has 1 fully saturated rings. The van der Waals surface area contributed by atoms with Gasteiger partial charge in [0.2, 0.25) is 0 Å². The van der Waals surface area contributed by atoms with Crippen molar-refractivity contribution in [1.82, 2.24) is 4.90 Å². The number of halogens is 2. The molecule has 0 spiro atoms. The van der Waals surface area contributed by atoms with Gasteiger partial charge in [-0.1, -0.05) is 11.6 Å². The minimum absolute atomic E-state index is 0.100. The zero-order chi connectivity index (χ0) is 18.0. The van der Waals surface area contributed by atoms with Gasteiger partial charge in [-0.05, 0) is 55.9 Å². The van der Waals surface area contributed by atoms with Crippen molar-refractivity contribution in [3.05, 3.63) is 58.4 Å². The molecule has 25 heavy (non-hydrogen) atoms. The molecule has 0 bridgehead atoms. The van der Waals surface area contributed by atoms with Crippen LogP contribution in [0.3, 0.4) is 0 Å². The number of hydrogen-bond donors (Lipinski definition) is 1. The van der Waals surface area contributed by atoms with E-state index >= 15 is 0 Å². The zero-order valence-electron chi connectivity index (χ0n) is 14.4. The lowest BCUT2D eigenvalue weighted by Gasteiger charge is -2.35. The molecule has 1 aliphatic rings. The monoisotopic (exact) mass is 361 g/mol. The quantitative estimate of drug-likeness (QED) is 0.903. The predicted molar refractivity (Wildman–Crippen MR) is 100 cm³/mol. The van der Waals surface area contributed by atoms with Crippen molar-refractivity contribution in [2.75, 3.05) is 43.4 Å².